The average molecular weight is 370 g/mol. The Kier molecular flexibility index (Phi) is 3.81. The molecule has 0 bridgehead atoms. The summed E-state index contributed by atoms with van der Waals surface area (Å²) < 4.78 is 2.70. The van der Waals surface area contributed by atoms with Gasteiger partial charge in [-0.25, -0.2) is 0 Å². The highest BCUT2D eigenvalue weighted by Crippen LogP contribution is 2.37. The fourth-order valence-electron chi connectivity index (χ4n) is 2.11. The molecule has 1 N–H and O–H groups in total. The Morgan fingerprint density at radius 1 is 1.52 bits per heavy atom. The topological polar surface area (TPSA) is 77.2 Å². The molecule has 0 aliphatic heterocycles. The molecule has 6 nitrogen and oxygen atoms in total. The molecule has 1 fully saturated rings. The molecule has 0 unspecified atom stereocenters. The van der Waals surface area contributed by atoms with Crippen LogP contribution in [0.2, 0.25) is 0 Å². The third-order valence-electron chi connectivity index (χ3n) is 3.26. The van der Waals surface area contributed by atoms with Gasteiger partial charge in [0.05, 0.1) is 17.7 Å². The van der Waals surface area contributed by atoms with Gasteiger partial charge in [0.15, 0.2) is 0 Å². The Labute approximate surface area is 133 Å². The number of nitro groups is 1. The smallest absolute Gasteiger partial charge is 0.287 e. The zero-order valence-electron chi connectivity index (χ0n) is 10.9. The summed E-state index contributed by atoms with van der Waals surface area (Å²) in [7, 11) is 0. The number of thiophene rings is 1. The standard InChI is InChI=1S/C13H12BrN3O3S/c14-8-3-11(21-7-8)5-15-13(18)12-4-10(17(19)20)6-16(12)9-1-2-9/h3-4,6-7,9H,1-2,5H2,(H,15,18). The first-order chi connectivity index (χ1) is 10.0. The summed E-state index contributed by atoms with van der Waals surface area (Å²) in [4.78, 5) is 23.7. The van der Waals surface area contributed by atoms with E-state index in [0.29, 0.717) is 12.2 Å². The molecule has 2 heterocycles. The van der Waals surface area contributed by atoms with Crippen molar-refractivity contribution >= 4 is 38.9 Å². The zero-order chi connectivity index (χ0) is 15.0. The molecule has 0 atom stereocenters. The van der Waals surface area contributed by atoms with E-state index in [2.05, 4.69) is 21.2 Å². The molecule has 2 aromatic heterocycles. The van der Waals surface area contributed by atoms with Crippen molar-refractivity contribution in [2.75, 3.05) is 0 Å². The second-order valence-corrected chi connectivity index (χ2v) is 6.80. The van der Waals surface area contributed by atoms with Crippen LogP contribution >= 0.6 is 27.3 Å². The van der Waals surface area contributed by atoms with Gasteiger partial charge >= 0.3 is 0 Å². The van der Waals surface area contributed by atoms with Gasteiger partial charge in [-0.1, -0.05) is 0 Å². The number of halogens is 1. The predicted molar refractivity (Wildman–Crippen MR) is 82.5 cm³/mol. The van der Waals surface area contributed by atoms with Crippen LogP contribution in [0.5, 0.6) is 0 Å². The molecular weight excluding hydrogens is 358 g/mol. The lowest BCUT2D eigenvalue weighted by Crippen LogP contribution is -2.24. The maximum atomic E-state index is 12.3. The van der Waals surface area contributed by atoms with Crippen molar-refractivity contribution < 1.29 is 9.72 Å². The number of nitrogens with one attached hydrogen (secondary N) is 1. The molecular formula is C13H12BrN3O3S. The Bertz CT molecular complexity index is 705. The normalized spacial score (nSPS) is 14.1. The molecule has 0 saturated heterocycles. The lowest BCUT2D eigenvalue weighted by molar-refractivity contribution is -0.384. The number of amides is 1. The van der Waals surface area contributed by atoms with E-state index < -0.39 is 4.92 Å². The molecule has 2 aromatic rings. The first-order valence-electron chi connectivity index (χ1n) is 6.42. The molecule has 110 valence electrons. The van der Waals surface area contributed by atoms with Crippen molar-refractivity contribution in [2.24, 2.45) is 0 Å². The van der Waals surface area contributed by atoms with Gasteiger partial charge in [0.2, 0.25) is 0 Å². The van der Waals surface area contributed by atoms with Crippen molar-refractivity contribution in [3.8, 4) is 0 Å². The molecule has 1 saturated carbocycles. The van der Waals surface area contributed by atoms with Crippen LogP contribution in [0.1, 0.15) is 34.2 Å². The quantitative estimate of drug-likeness (QED) is 0.647. The molecule has 0 aromatic carbocycles. The summed E-state index contributed by atoms with van der Waals surface area (Å²) in [5, 5.41) is 15.6. The number of hydrogen-bond donors (Lipinski definition) is 1. The third kappa shape index (κ3) is 3.16. The van der Waals surface area contributed by atoms with Gasteiger partial charge in [-0.3, -0.25) is 14.9 Å². The van der Waals surface area contributed by atoms with Gasteiger partial charge < -0.3 is 9.88 Å². The molecule has 1 aliphatic rings. The maximum absolute atomic E-state index is 12.3. The van der Waals surface area contributed by atoms with Crippen LogP contribution in [0.3, 0.4) is 0 Å². The Hall–Kier alpha value is -1.67. The number of carbonyl (C=O) groups is 1. The second-order valence-electron chi connectivity index (χ2n) is 4.89. The molecule has 3 rings (SSSR count). The van der Waals surface area contributed by atoms with E-state index in [0.717, 1.165) is 22.2 Å². The number of hydrogen-bond acceptors (Lipinski definition) is 4. The molecule has 0 radical (unpaired) electrons. The summed E-state index contributed by atoms with van der Waals surface area (Å²) in [6.07, 6.45) is 3.38. The van der Waals surface area contributed by atoms with Crippen LogP contribution in [-0.4, -0.2) is 15.4 Å². The van der Waals surface area contributed by atoms with Crippen LogP contribution in [0, 0.1) is 10.1 Å². The van der Waals surface area contributed by atoms with Gasteiger partial charge in [-0.2, -0.15) is 0 Å². The maximum Gasteiger partial charge on any atom is 0.287 e. The van der Waals surface area contributed by atoms with Crippen LogP contribution in [0.15, 0.2) is 28.2 Å². The summed E-state index contributed by atoms with van der Waals surface area (Å²) in [5.74, 6) is -0.278. The minimum absolute atomic E-state index is 0.0362. The Morgan fingerprint density at radius 3 is 2.86 bits per heavy atom. The van der Waals surface area contributed by atoms with Gasteiger partial charge in [0.25, 0.3) is 11.6 Å². The highest BCUT2D eigenvalue weighted by Gasteiger charge is 2.30. The summed E-state index contributed by atoms with van der Waals surface area (Å²) in [6, 6.07) is 3.50. The largest absolute Gasteiger partial charge is 0.346 e. The second kappa shape index (κ2) is 5.61. The SMILES string of the molecule is O=C(NCc1cc(Br)cs1)c1cc([N+](=O)[O-])cn1C1CC1. The van der Waals surface area contributed by atoms with Crippen molar-refractivity contribution in [2.45, 2.75) is 25.4 Å². The molecule has 1 amide bonds. The van der Waals surface area contributed by atoms with E-state index in [1.807, 2.05) is 11.4 Å². The Balaban J connectivity index is 1.75. The van der Waals surface area contributed by atoms with Gasteiger partial charge in [-0.05, 0) is 34.8 Å². The lowest BCUT2D eigenvalue weighted by Gasteiger charge is -2.07. The molecule has 1 aliphatic carbocycles. The highest BCUT2D eigenvalue weighted by atomic mass is 79.9. The minimum Gasteiger partial charge on any atom is -0.346 e. The average Bonchev–Trinajstić information content (AvgIpc) is 3.05. The van der Waals surface area contributed by atoms with E-state index in [9.17, 15) is 14.9 Å². The lowest BCUT2D eigenvalue weighted by atomic mass is 10.3. The van der Waals surface area contributed by atoms with E-state index in [1.165, 1.54) is 12.3 Å². The van der Waals surface area contributed by atoms with E-state index >= 15 is 0 Å². The molecule has 8 heteroatoms. The van der Waals surface area contributed by atoms with Crippen LogP contribution in [-0.2, 0) is 6.54 Å². The number of carbonyl (C=O) groups excluding carboxylic acids is 1. The Morgan fingerprint density at radius 2 is 2.29 bits per heavy atom. The molecule has 21 heavy (non-hydrogen) atoms. The summed E-state index contributed by atoms with van der Waals surface area (Å²) in [6.45, 7) is 0.415. The minimum atomic E-state index is -0.466. The van der Waals surface area contributed by atoms with E-state index in [1.54, 1.807) is 15.9 Å². The van der Waals surface area contributed by atoms with Gasteiger partial charge in [-0.15, -0.1) is 11.3 Å². The van der Waals surface area contributed by atoms with Crippen LogP contribution in [0.25, 0.3) is 0 Å². The van der Waals surface area contributed by atoms with Crippen LogP contribution in [0.4, 0.5) is 5.69 Å². The van der Waals surface area contributed by atoms with Gasteiger partial charge in [0, 0.05) is 26.8 Å². The van der Waals surface area contributed by atoms with Crippen molar-refractivity contribution in [1.29, 1.82) is 0 Å². The first-order valence-corrected chi connectivity index (χ1v) is 8.09. The summed E-state index contributed by atoms with van der Waals surface area (Å²) >= 11 is 4.90. The molecule has 0 spiro atoms. The zero-order valence-corrected chi connectivity index (χ0v) is 13.3. The summed E-state index contributed by atoms with van der Waals surface area (Å²) in [5.41, 5.74) is 0.325. The van der Waals surface area contributed by atoms with Crippen molar-refractivity contribution in [3.05, 3.63) is 48.9 Å². The first kappa shape index (κ1) is 14.3. The monoisotopic (exact) mass is 369 g/mol. The number of aromatic nitrogens is 1. The van der Waals surface area contributed by atoms with Crippen molar-refractivity contribution in [3.63, 3.8) is 0 Å². The van der Waals surface area contributed by atoms with E-state index in [4.69, 9.17) is 0 Å². The number of rotatable bonds is 5. The van der Waals surface area contributed by atoms with Crippen molar-refractivity contribution in [1.82, 2.24) is 9.88 Å². The fraction of sp³-hybridized carbons (Fsp3) is 0.308. The number of nitrogens with zero attached hydrogens (tertiary/aromatic N) is 2. The fourth-order valence-corrected chi connectivity index (χ4v) is 3.50. The van der Waals surface area contributed by atoms with Crippen LogP contribution < -0.4 is 5.32 Å². The third-order valence-corrected chi connectivity index (χ3v) is 4.96. The predicted octanol–water partition coefficient (Wildman–Crippen LogP) is 3.49. The van der Waals surface area contributed by atoms with Gasteiger partial charge in [0.1, 0.15) is 5.69 Å². The van der Waals surface area contributed by atoms with E-state index in [-0.39, 0.29) is 17.6 Å². The highest BCUT2D eigenvalue weighted by molar-refractivity contribution is 9.10.